The largest absolute Gasteiger partial charge is 0.385 e. The van der Waals surface area contributed by atoms with Gasteiger partial charge in [-0.15, -0.1) is 0 Å². The van der Waals surface area contributed by atoms with Gasteiger partial charge in [-0.3, -0.25) is 9.58 Å². The molecular formula is C21H27N5O. The van der Waals surface area contributed by atoms with Gasteiger partial charge in [-0.1, -0.05) is 24.3 Å². The molecule has 0 bridgehead atoms. The summed E-state index contributed by atoms with van der Waals surface area (Å²) in [5.74, 6) is 1.07. The van der Waals surface area contributed by atoms with Crippen LogP contribution in [0, 0.1) is 5.92 Å². The smallest absolute Gasteiger partial charge is 0.137 e. The number of aliphatic hydroxyl groups excluding tert-OH is 1. The van der Waals surface area contributed by atoms with E-state index < -0.39 is 6.10 Å². The van der Waals surface area contributed by atoms with E-state index in [0.29, 0.717) is 5.92 Å². The number of nitrogens with zero attached hydrogens (tertiary/aromatic N) is 5. The zero-order valence-electron chi connectivity index (χ0n) is 15.8. The molecule has 3 heterocycles. The standard InChI is InChI=1S/C21H27N5O/c1-24-14-10-22-21(24)20(27)19-7-12-25(13-8-19)15-17-3-5-18(6-4-17)16-26-11-2-9-23-26/h2-6,9-11,14,19-20,27H,7-8,12-13,15-16H2,1H3/t20-/m0/s1. The third-order valence-corrected chi connectivity index (χ3v) is 5.53. The first kappa shape index (κ1) is 17.9. The van der Waals surface area contributed by atoms with Crippen LogP contribution in [0.3, 0.4) is 0 Å². The number of hydrogen-bond donors (Lipinski definition) is 1. The number of piperidine rings is 1. The summed E-state index contributed by atoms with van der Waals surface area (Å²) in [5.41, 5.74) is 2.60. The molecule has 1 N–H and O–H groups in total. The van der Waals surface area contributed by atoms with E-state index in [0.717, 1.165) is 44.8 Å². The lowest BCUT2D eigenvalue weighted by Crippen LogP contribution is -2.35. The van der Waals surface area contributed by atoms with Gasteiger partial charge >= 0.3 is 0 Å². The number of aliphatic hydroxyl groups is 1. The monoisotopic (exact) mass is 365 g/mol. The van der Waals surface area contributed by atoms with E-state index in [-0.39, 0.29) is 0 Å². The SMILES string of the molecule is Cn1ccnc1[C@@H](O)C1CCN(Cc2ccc(Cn3cccn3)cc2)CC1. The summed E-state index contributed by atoms with van der Waals surface area (Å²) < 4.78 is 3.86. The second-order valence-electron chi connectivity index (χ2n) is 7.47. The Morgan fingerprint density at radius 1 is 1.04 bits per heavy atom. The minimum absolute atomic E-state index is 0.291. The van der Waals surface area contributed by atoms with Crippen LogP contribution < -0.4 is 0 Å². The Labute approximate surface area is 160 Å². The Balaban J connectivity index is 1.28. The lowest BCUT2D eigenvalue weighted by atomic mass is 9.90. The minimum Gasteiger partial charge on any atom is -0.385 e. The highest BCUT2D eigenvalue weighted by molar-refractivity contribution is 5.22. The molecule has 6 nitrogen and oxygen atoms in total. The van der Waals surface area contributed by atoms with Gasteiger partial charge in [0.2, 0.25) is 0 Å². The van der Waals surface area contributed by atoms with Gasteiger partial charge in [-0.2, -0.15) is 5.10 Å². The summed E-state index contributed by atoms with van der Waals surface area (Å²) in [6, 6.07) is 10.8. The maximum atomic E-state index is 10.6. The number of rotatable bonds is 6. The predicted molar refractivity (Wildman–Crippen MR) is 104 cm³/mol. The first-order valence-corrected chi connectivity index (χ1v) is 9.62. The van der Waals surface area contributed by atoms with Gasteiger partial charge < -0.3 is 9.67 Å². The summed E-state index contributed by atoms with van der Waals surface area (Å²) in [6.45, 7) is 3.80. The molecule has 0 radical (unpaired) electrons. The Bertz CT molecular complexity index is 832. The quantitative estimate of drug-likeness (QED) is 0.729. The number of imidazole rings is 1. The molecule has 0 amide bonds. The number of benzene rings is 1. The van der Waals surface area contributed by atoms with Crippen molar-refractivity contribution in [2.45, 2.75) is 32.0 Å². The minimum atomic E-state index is -0.464. The molecule has 1 fully saturated rings. The Hall–Kier alpha value is -2.44. The van der Waals surface area contributed by atoms with Crippen molar-refractivity contribution in [1.82, 2.24) is 24.2 Å². The van der Waals surface area contributed by atoms with Crippen molar-refractivity contribution in [1.29, 1.82) is 0 Å². The normalized spacial score (nSPS) is 17.3. The van der Waals surface area contributed by atoms with Crippen LogP contribution in [0.2, 0.25) is 0 Å². The third-order valence-electron chi connectivity index (χ3n) is 5.53. The summed E-state index contributed by atoms with van der Waals surface area (Å²) >= 11 is 0. The number of hydrogen-bond acceptors (Lipinski definition) is 4. The van der Waals surface area contributed by atoms with Gasteiger partial charge in [0.1, 0.15) is 11.9 Å². The number of likely N-dealkylation sites (tertiary alicyclic amines) is 1. The van der Waals surface area contributed by atoms with Crippen LogP contribution in [-0.2, 0) is 20.1 Å². The molecular weight excluding hydrogens is 338 g/mol. The van der Waals surface area contributed by atoms with Crippen LogP contribution in [0.5, 0.6) is 0 Å². The van der Waals surface area contributed by atoms with Gasteiger partial charge in [0, 0.05) is 38.4 Å². The number of aromatic nitrogens is 4. The Morgan fingerprint density at radius 2 is 1.74 bits per heavy atom. The van der Waals surface area contributed by atoms with Crippen LogP contribution in [0.1, 0.15) is 35.9 Å². The van der Waals surface area contributed by atoms with E-state index in [4.69, 9.17) is 0 Å². The molecule has 1 atom stereocenters. The maximum absolute atomic E-state index is 10.6. The average Bonchev–Trinajstić information content (AvgIpc) is 3.35. The zero-order chi connectivity index (χ0) is 18.6. The maximum Gasteiger partial charge on any atom is 0.137 e. The van der Waals surface area contributed by atoms with Gasteiger partial charge in [0.15, 0.2) is 0 Å². The highest BCUT2D eigenvalue weighted by Gasteiger charge is 2.28. The van der Waals surface area contributed by atoms with Crippen LogP contribution in [0.25, 0.3) is 0 Å². The first-order chi connectivity index (χ1) is 13.2. The molecule has 1 saturated heterocycles. The van der Waals surface area contributed by atoms with Crippen LogP contribution in [-0.4, -0.2) is 42.4 Å². The fraction of sp³-hybridized carbons (Fsp3) is 0.429. The van der Waals surface area contributed by atoms with Gasteiger partial charge in [0.25, 0.3) is 0 Å². The first-order valence-electron chi connectivity index (χ1n) is 9.62. The van der Waals surface area contributed by atoms with E-state index in [1.54, 1.807) is 6.20 Å². The van der Waals surface area contributed by atoms with Crippen molar-refractivity contribution in [2.24, 2.45) is 13.0 Å². The van der Waals surface area contributed by atoms with Crippen molar-refractivity contribution >= 4 is 0 Å². The van der Waals surface area contributed by atoms with Gasteiger partial charge in [-0.25, -0.2) is 4.98 Å². The van der Waals surface area contributed by atoms with Gasteiger partial charge in [-0.05, 0) is 49.0 Å². The highest BCUT2D eigenvalue weighted by atomic mass is 16.3. The van der Waals surface area contributed by atoms with Crippen LogP contribution in [0.4, 0.5) is 0 Å². The van der Waals surface area contributed by atoms with Crippen LogP contribution in [0.15, 0.2) is 55.1 Å². The van der Waals surface area contributed by atoms with Crippen molar-refractivity contribution in [3.05, 3.63) is 72.1 Å². The predicted octanol–water partition coefficient (Wildman–Crippen LogP) is 2.61. The second-order valence-corrected chi connectivity index (χ2v) is 7.47. The van der Waals surface area contributed by atoms with E-state index in [1.807, 2.05) is 41.0 Å². The van der Waals surface area contributed by atoms with E-state index >= 15 is 0 Å². The molecule has 0 unspecified atom stereocenters. The van der Waals surface area contributed by atoms with E-state index in [9.17, 15) is 5.11 Å². The van der Waals surface area contributed by atoms with Crippen molar-refractivity contribution < 1.29 is 5.11 Å². The lowest BCUT2D eigenvalue weighted by Gasteiger charge is -2.34. The third kappa shape index (κ3) is 4.28. The second kappa shape index (κ2) is 8.06. The molecule has 1 aliphatic heterocycles. The molecule has 142 valence electrons. The Morgan fingerprint density at radius 3 is 2.33 bits per heavy atom. The van der Waals surface area contributed by atoms with Crippen molar-refractivity contribution in [3.8, 4) is 0 Å². The van der Waals surface area contributed by atoms with Crippen molar-refractivity contribution in [2.75, 3.05) is 13.1 Å². The summed E-state index contributed by atoms with van der Waals surface area (Å²) in [5, 5.41) is 14.9. The topological polar surface area (TPSA) is 59.1 Å². The zero-order valence-corrected chi connectivity index (χ0v) is 15.8. The lowest BCUT2D eigenvalue weighted by molar-refractivity contribution is 0.0492. The molecule has 1 aliphatic rings. The number of aryl methyl sites for hydroxylation is 1. The molecule has 0 aliphatic carbocycles. The molecule has 27 heavy (non-hydrogen) atoms. The summed E-state index contributed by atoms with van der Waals surface area (Å²) in [6.07, 6.45) is 8.98. The summed E-state index contributed by atoms with van der Waals surface area (Å²) in [4.78, 5) is 6.78. The molecule has 0 spiro atoms. The summed E-state index contributed by atoms with van der Waals surface area (Å²) in [7, 11) is 1.94. The van der Waals surface area contributed by atoms with Crippen LogP contribution >= 0.6 is 0 Å². The highest BCUT2D eigenvalue weighted by Crippen LogP contribution is 2.30. The Kier molecular flexibility index (Phi) is 5.36. The molecule has 1 aromatic carbocycles. The van der Waals surface area contributed by atoms with Crippen molar-refractivity contribution in [3.63, 3.8) is 0 Å². The molecule has 2 aromatic heterocycles. The van der Waals surface area contributed by atoms with E-state index in [2.05, 4.69) is 39.2 Å². The molecule has 6 heteroatoms. The van der Waals surface area contributed by atoms with Gasteiger partial charge in [0.05, 0.1) is 6.54 Å². The fourth-order valence-corrected chi connectivity index (χ4v) is 3.89. The molecule has 0 saturated carbocycles. The fourth-order valence-electron chi connectivity index (χ4n) is 3.89. The molecule has 4 rings (SSSR count). The average molecular weight is 365 g/mol. The van der Waals surface area contributed by atoms with E-state index in [1.165, 1.54) is 11.1 Å². The molecule has 3 aromatic rings.